The molecule has 1 aromatic rings. The minimum Gasteiger partial charge on any atom is -0.383 e. The van der Waals surface area contributed by atoms with E-state index < -0.39 is 0 Å². The number of methoxy groups -OCH3 is 1. The maximum Gasteiger partial charge on any atom is 0.0589 e. The van der Waals surface area contributed by atoms with Crippen molar-refractivity contribution in [1.29, 1.82) is 0 Å². The summed E-state index contributed by atoms with van der Waals surface area (Å²) in [6.07, 6.45) is 0.985. The summed E-state index contributed by atoms with van der Waals surface area (Å²) < 4.78 is 5.20. The highest BCUT2D eigenvalue weighted by molar-refractivity contribution is 5.30. The molecule has 0 heterocycles. The van der Waals surface area contributed by atoms with Gasteiger partial charge in [-0.3, -0.25) is 0 Å². The number of aryl methyl sites for hydroxylation is 2. The van der Waals surface area contributed by atoms with Gasteiger partial charge in [-0.15, -0.1) is 0 Å². The Morgan fingerprint density at radius 3 is 2.24 bits per heavy atom. The zero-order valence-corrected chi connectivity index (χ0v) is 14.4. The summed E-state index contributed by atoms with van der Waals surface area (Å²) >= 11 is 0. The largest absolute Gasteiger partial charge is 0.383 e. The lowest BCUT2D eigenvalue weighted by molar-refractivity contribution is 0.138. The molecule has 0 amide bonds. The fourth-order valence-corrected chi connectivity index (χ4v) is 2.74. The highest BCUT2D eigenvalue weighted by Gasteiger charge is 2.12. The summed E-state index contributed by atoms with van der Waals surface area (Å²) in [4.78, 5) is 2.46. The minimum atomic E-state index is 0.112. The predicted molar refractivity (Wildman–Crippen MR) is 90.6 cm³/mol. The second kappa shape index (κ2) is 9.19. The van der Waals surface area contributed by atoms with E-state index in [1.54, 1.807) is 7.11 Å². The molecule has 120 valence electrons. The molecule has 1 aromatic carbocycles. The number of benzene rings is 1. The van der Waals surface area contributed by atoms with E-state index in [4.69, 9.17) is 10.5 Å². The molecule has 0 saturated heterocycles. The fraction of sp³-hybridized carbons (Fsp3) is 0.667. The molecule has 1 atom stereocenters. The lowest BCUT2D eigenvalue weighted by Gasteiger charge is -2.25. The maximum absolute atomic E-state index is 6.38. The Bertz CT molecular complexity index is 397. The molecule has 0 saturated carbocycles. The molecule has 0 aliphatic heterocycles. The van der Waals surface area contributed by atoms with E-state index in [2.05, 4.69) is 50.8 Å². The first-order chi connectivity index (χ1) is 9.92. The smallest absolute Gasteiger partial charge is 0.0589 e. The highest BCUT2D eigenvalue weighted by atomic mass is 16.5. The van der Waals surface area contributed by atoms with Crippen LogP contribution in [-0.2, 0) is 4.74 Å². The third-order valence-corrected chi connectivity index (χ3v) is 3.66. The molecule has 0 aliphatic rings. The summed E-state index contributed by atoms with van der Waals surface area (Å²) in [5.41, 5.74) is 10.2. The first-order valence-corrected chi connectivity index (χ1v) is 7.97. The van der Waals surface area contributed by atoms with Crippen molar-refractivity contribution >= 4 is 0 Å². The van der Waals surface area contributed by atoms with E-state index in [0.717, 1.165) is 32.7 Å². The van der Waals surface area contributed by atoms with Gasteiger partial charge >= 0.3 is 0 Å². The molecule has 0 spiro atoms. The number of nitrogens with zero attached hydrogens (tertiary/aromatic N) is 1. The van der Waals surface area contributed by atoms with Crippen LogP contribution in [0.3, 0.4) is 0 Å². The van der Waals surface area contributed by atoms with Gasteiger partial charge in [-0.1, -0.05) is 43.2 Å². The molecule has 0 aliphatic carbocycles. The standard InChI is InChI=1S/C18H32N2O/c1-14(2)13-20(8-9-21-5)7-6-18(19)17-11-15(3)10-16(4)12-17/h10-12,14,18H,6-9,13,19H2,1-5H3. The Labute approximate surface area is 130 Å². The third kappa shape index (κ3) is 7.07. The van der Waals surface area contributed by atoms with Gasteiger partial charge in [0.1, 0.15) is 0 Å². The van der Waals surface area contributed by atoms with Crippen LogP contribution >= 0.6 is 0 Å². The predicted octanol–water partition coefficient (Wildman–Crippen LogP) is 3.30. The molecule has 2 N–H and O–H groups in total. The molecule has 21 heavy (non-hydrogen) atoms. The number of ether oxygens (including phenoxy) is 1. The Balaban J connectivity index is 2.56. The van der Waals surface area contributed by atoms with Crippen molar-refractivity contribution in [3.8, 4) is 0 Å². The normalized spacial score (nSPS) is 13.1. The summed E-state index contributed by atoms with van der Waals surface area (Å²) in [5, 5.41) is 0. The monoisotopic (exact) mass is 292 g/mol. The van der Waals surface area contributed by atoms with E-state index in [1.165, 1.54) is 16.7 Å². The lowest BCUT2D eigenvalue weighted by Crippen LogP contribution is -2.33. The third-order valence-electron chi connectivity index (χ3n) is 3.66. The van der Waals surface area contributed by atoms with Gasteiger partial charge < -0.3 is 15.4 Å². The van der Waals surface area contributed by atoms with E-state index in [9.17, 15) is 0 Å². The van der Waals surface area contributed by atoms with Crippen molar-refractivity contribution < 1.29 is 4.74 Å². The lowest BCUT2D eigenvalue weighted by atomic mass is 9.99. The Morgan fingerprint density at radius 2 is 1.71 bits per heavy atom. The van der Waals surface area contributed by atoms with Gasteiger partial charge in [0.15, 0.2) is 0 Å². The van der Waals surface area contributed by atoms with Crippen molar-refractivity contribution in [2.75, 3.05) is 33.4 Å². The van der Waals surface area contributed by atoms with Crippen molar-refractivity contribution in [2.24, 2.45) is 11.7 Å². The van der Waals surface area contributed by atoms with Gasteiger partial charge in [0, 0.05) is 32.8 Å². The Hall–Kier alpha value is -0.900. The summed E-state index contributed by atoms with van der Waals surface area (Å²) in [7, 11) is 1.76. The molecule has 1 unspecified atom stereocenters. The number of hydrogen-bond acceptors (Lipinski definition) is 3. The van der Waals surface area contributed by atoms with Crippen LogP contribution in [0.5, 0.6) is 0 Å². The van der Waals surface area contributed by atoms with Crippen LogP contribution in [-0.4, -0.2) is 38.3 Å². The van der Waals surface area contributed by atoms with Gasteiger partial charge in [0.25, 0.3) is 0 Å². The van der Waals surface area contributed by atoms with Crippen molar-refractivity contribution in [3.05, 3.63) is 34.9 Å². The van der Waals surface area contributed by atoms with Crippen molar-refractivity contribution in [2.45, 2.75) is 40.2 Å². The average Bonchev–Trinajstić information content (AvgIpc) is 2.39. The fourth-order valence-electron chi connectivity index (χ4n) is 2.74. The zero-order valence-electron chi connectivity index (χ0n) is 14.4. The molecule has 0 bridgehead atoms. The van der Waals surface area contributed by atoms with Crippen LogP contribution in [0.15, 0.2) is 18.2 Å². The van der Waals surface area contributed by atoms with Crippen molar-refractivity contribution in [1.82, 2.24) is 4.90 Å². The summed E-state index contributed by atoms with van der Waals surface area (Å²) in [6.45, 7) is 12.7. The van der Waals surface area contributed by atoms with Crippen LogP contribution < -0.4 is 5.73 Å². The Morgan fingerprint density at radius 1 is 1.10 bits per heavy atom. The number of rotatable bonds is 9. The summed E-state index contributed by atoms with van der Waals surface area (Å²) in [5.74, 6) is 0.666. The number of nitrogens with two attached hydrogens (primary N) is 1. The van der Waals surface area contributed by atoms with Crippen LogP contribution in [0.25, 0.3) is 0 Å². The molecule has 3 heteroatoms. The molecule has 0 fully saturated rings. The quantitative estimate of drug-likeness (QED) is 0.759. The highest BCUT2D eigenvalue weighted by Crippen LogP contribution is 2.18. The van der Waals surface area contributed by atoms with Gasteiger partial charge in [-0.2, -0.15) is 0 Å². The van der Waals surface area contributed by atoms with Crippen LogP contribution in [0.4, 0.5) is 0 Å². The van der Waals surface area contributed by atoms with E-state index >= 15 is 0 Å². The zero-order chi connectivity index (χ0) is 15.8. The van der Waals surface area contributed by atoms with E-state index in [0.29, 0.717) is 5.92 Å². The SMILES string of the molecule is COCCN(CCC(N)c1cc(C)cc(C)c1)CC(C)C. The molecular formula is C18H32N2O. The van der Waals surface area contributed by atoms with Crippen LogP contribution in [0, 0.1) is 19.8 Å². The van der Waals surface area contributed by atoms with Crippen LogP contribution in [0.1, 0.15) is 43.0 Å². The van der Waals surface area contributed by atoms with Gasteiger partial charge in [0.2, 0.25) is 0 Å². The van der Waals surface area contributed by atoms with Gasteiger partial charge in [0.05, 0.1) is 6.61 Å². The second-order valence-corrected chi connectivity index (χ2v) is 6.50. The van der Waals surface area contributed by atoms with Crippen molar-refractivity contribution in [3.63, 3.8) is 0 Å². The maximum atomic E-state index is 6.38. The Kier molecular flexibility index (Phi) is 7.94. The first-order valence-electron chi connectivity index (χ1n) is 7.97. The molecular weight excluding hydrogens is 260 g/mol. The minimum absolute atomic E-state index is 0.112. The molecule has 1 rings (SSSR count). The topological polar surface area (TPSA) is 38.5 Å². The summed E-state index contributed by atoms with van der Waals surface area (Å²) in [6, 6.07) is 6.72. The number of hydrogen-bond donors (Lipinski definition) is 1. The van der Waals surface area contributed by atoms with E-state index in [-0.39, 0.29) is 6.04 Å². The second-order valence-electron chi connectivity index (χ2n) is 6.50. The van der Waals surface area contributed by atoms with Gasteiger partial charge in [-0.05, 0) is 31.7 Å². The van der Waals surface area contributed by atoms with Crippen LogP contribution in [0.2, 0.25) is 0 Å². The average molecular weight is 292 g/mol. The molecule has 3 nitrogen and oxygen atoms in total. The first kappa shape index (κ1) is 18.1. The van der Waals surface area contributed by atoms with E-state index in [1.807, 2.05) is 0 Å². The molecule has 0 aromatic heterocycles. The van der Waals surface area contributed by atoms with Gasteiger partial charge in [-0.25, -0.2) is 0 Å². The molecule has 0 radical (unpaired) electrons.